The third kappa shape index (κ3) is 4.29. The van der Waals surface area contributed by atoms with Crippen molar-refractivity contribution in [2.45, 2.75) is 11.4 Å². The van der Waals surface area contributed by atoms with E-state index in [4.69, 9.17) is 0 Å². The van der Waals surface area contributed by atoms with Crippen LogP contribution in [0.15, 0.2) is 78.1 Å². The number of hydrogen-bond donors (Lipinski definition) is 1. The minimum Gasteiger partial charge on any atom is -0.347 e. The van der Waals surface area contributed by atoms with E-state index in [0.717, 1.165) is 9.87 Å². The molecule has 138 valence electrons. The molecular weight excluding hydrogens is 364 g/mol. The molecule has 2 heterocycles. The van der Waals surface area contributed by atoms with Gasteiger partial charge >= 0.3 is 0 Å². The van der Waals surface area contributed by atoms with Gasteiger partial charge in [0.25, 0.3) is 15.9 Å². The molecule has 27 heavy (non-hydrogen) atoms. The molecule has 0 spiro atoms. The largest absolute Gasteiger partial charge is 0.347 e. The predicted molar refractivity (Wildman–Crippen MR) is 102 cm³/mol. The zero-order valence-electron chi connectivity index (χ0n) is 14.6. The van der Waals surface area contributed by atoms with E-state index in [-0.39, 0.29) is 10.6 Å². The number of carbonyl (C=O) groups excluding carboxylic acids is 1. The van der Waals surface area contributed by atoms with Gasteiger partial charge in [-0.05, 0) is 35.9 Å². The number of pyridine rings is 2. The zero-order chi connectivity index (χ0) is 19.3. The molecule has 0 atom stereocenters. The number of anilines is 1. The van der Waals surface area contributed by atoms with Gasteiger partial charge in [-0.2, -0.15) is 0 Å². The van der Waals surface area contributed by atoms with Gasteiger partial charge in [0, 0.05) is 32.2 Å². The first-order chi connectivity index (χ1) is 13.0. The maximum atomic E-state index is 12.7. The minimum atomic E-state index is -3.72. The molecule has 2 aromatic heterocycles. The van der Waals surface area contributed by atoms with Gasteiger partial charge in [-0.25, -0.2) is 8.42 Å². The molecule has 0 aliphatic heterocycles. The Bertz CT molecular complexity index is 1030. The first-order valence-electron chi connectivity index (χ1n) is 8.15. The summed E-state index contributed by atoms with van der Waals surface area (Å²) < 4.78 is 26.6. The number of nitrogens with one attached hydrogen (secondary N) is 1. The number of carbonyl (C=O) groups is 1. The van der Waals surface area contributed by atoms with Crippen LogP contribution in [-0.4, -0.2) is 31.3 Å². The SMILES string of the molecule is CN(c1ccnc(C(=O)NCc2cccnc2)c1)S(=O)(=O)c1ccccc1. The third-order valence-electron chi connectivity index (χ3n) is 3.92. The number of sulfonamides is 1. The number of benzene rings is 1. The van der Waals surface area contributed by atoms with E-state index >= 15 is 0 Å². The smallest absolute Gasteiger partial charge is 0.270 e. The van der Waals surface area contributed by atoms with Gasteiger partial charge in [-0.3, -0.25) is 19.1 Å². The monoisotopic (exact) mass is 382 g/mol. The Balaban J connectivity index is 1.77. The van der Waals surface area contributed by atoms with Crippen molar-refractivity contribution < 1.29 is 13.2 Å². The van der Waals surface area contributed by atoms with E-state index in [2.05, 4.69) is 15.3 Å². The van der Waals surface area contributed by atoms with Crippen molar-refractivity contribution in [3.05, 3.63) is 84.4 Å². The van der Waals surface area contributed by atoms with E-state index in [1.54, 1.807) is 42.7 Å². The fourth-order valence-electron chi connectivity index (χ4n) is 2.40. The molecule has 3 aromatic rings. The summed E-state index contributed by atoms with van der Waals surface area (Å²) in [7, 11) is -2.28. The molecule has 0 bridgehead atoms. The Morgan fingerprint density at radius 2 is 1.85 bits per heavy atom. The first-order valence-corrected chi connectivity index (χ1v) is 9.59. The molecule has 3 rings (SSSR count). The average molecular weight is 382 g/mol. The van der Waals surface area contributed by atoms with Crippen LogP contribution in [0, 0.1) is 0 Å². The maximum Gasteiger partial charge on any atom is 0.270 e. The molecule has 1 aromatic carbocycles. The van der Waals surface area contributed by atoms with Gasteiger partial charge in [-0.1, -0.05) is 24.3 Å². The van der Waals surface area contributed by atoms with Crippen LogP contribution in [0.25, 0.3) is 0 Å². The molecule has 1 N–H and O–H groups in total. The molecule has 0 aliphatic rings. The van der Waals surface area contributed by atoms with Crippen LogP contribution >= 0.6 is 0 Å². The van der Waals surface area contributed by atoms with Crippen LogP contribution in [0.5, 0.6) is 0 Å². The molecular formula is C19H18N4O3S. The fourth-order valence-corrected chi connectivity index (χ4v) is 3.61. The van der Waals surface area contributed by atoms with Crippen LogP contribution in [-0.2, 0) is 16.6 Å². The van der Waals surface area contributed by atoms with Crippen LogP contribution < -0.4 is 9.62 Å². The highest BCUT2D eigenvalue weighted by atomic mass is 32.2. The van der Waals surface area contributed by atoms with Crippen molar-refractivity contribution in [1.82, 2.24) is 15.3 Å². The molecule has 0 unspecified atom stereocenters. The van der Waals surface area contributed by atoms with Crippen molar-refractivity contribution in [1.29, 1.82) is 0 Å². The molecule has 0 saturated heterocycles. The fraction of sp³-hybridized carbons (Fsp3) is 0.105. The number of aromatic nitrogens is 2. The highest BCUT2D eigenvalue weighted by molar-refractivity contribution is 7.92. The molecule has 0 saturated carbocycles. The average Bonchev–Trinajstić information content (AvgIpc) is 2.73. The minimum absolute atomic E-state index is 0.131. The maximum absolute atomic E-state index is 12.7. The number of hydrogen-bond acceptors (Lipinski definition) is 5. The summed E-state index contributed by atoms with van der Waals surface area (Å²) in [5.74, 6) is -0.397. The second-order valence-electron chi connectivity index (χ2n) is 5.73. The van der Waals surface area contributed by atoms with E-state index in [1.807, 2.05) is 6.07 Å². The highest BCUT2D eigenvalue weighted by Crippen LogP contribution is 2.22. The van der Waals surface area contributed by atoms with E-state index in [0.29, 0.717) is 12.2 Å². The summed E-state index contributed by atoms with van der Waals surface area (Å²) in [5.41, 5.74) is 1.33. The van der Waals surface area contributed by atoms with Crippen molar-refractivity contribution in [2.24, 2.45) is 0 Å². The predicted octanol–water partition coefficient (Wildman–Crippen LogP) is 2.23. The van der Waals surface area contributed by atoms with Gasteiger partial charge in [0.15, 0.2) is 0 Å². The van der Waals surface area contributed by atoms with Gasteiger partial charge in [-0.15, -0.1) is 0 Å². The molecule has 0 aliphatic carbocycles. The van der Waals surface area contributed by atoms with E-state index in [9.17, 15) is 13.2 Å². The van der Waals surface area contributed by atoms with Crippen LogP contribution in [0.2, 0.25) is 0 Å². The second kappa shape index (κ2) is 7.96. The van der Waals surface area contributed by atoms with Gasteiger partial charge in [0.1, 0.15) is 5.69 Å². The molecule has 8 heteroatoms. The third-order valence-corrected chi connectivity index (χ3v) is 5.72. The Hall–Kier alpha value is -3.26. The standard InChI is InChI=1S/C19H18N4O3S/c1-23(27(25,26)17-7-3-2-4-8-17)16-9-11-21-18(12-16)19(24)22-14-15-6-5-10-20-13-15/h2-13H,14H2,1H3,(H,22,24). The highest BCUT2D eigenvalue weighted by Gasteiger charge is 2.22. The second-order valence-corrected chi connectivity index (χ2v) is 7.70. The van der Waals surface area contributed by atoms with Gasteiger partial charge in [0.2, 0.25) is 0 Å². The Labute approximate surface area is 157 Å². The molecule has 1 amide bonds. The number of rotatable bonds is 6. The quantitative estimate of drug-likeness (QED) is 0.706. The lowest BCUT2D eigenvalue weighted by Crippen LogP contribution is -2.28. The summed E-state index contributed by atoms with van der Waals surface area (Å²) >= 11 is 0. The van der Waals surface area contributed by atoms with E-state index < -0.39 is 15.9 Å². The topological polar surface area (TPSA) is 92.3 Å². The Morgan fingerprint density at radius 1 is 1.07 bits per heavy atom. The lowest BCUT2D eigenvalue weighted by molar-refractivity contribution is 0.0946. The lowest BCUT2D eigenvalue weighted by atomic mass is 10.2. The Kier molecular flexibility index (Phi) is 5.46. The summed E-state index contributed by atoms with van der Waals surface area (Å²) in [4.78, 5) is 20.6. The zero-order valence-corrected chi connectivity index (χ0v) is 15.4. The van der Waals surface area contributed by atoms with Gasteiger partial charge < -0.3 is 5.32 Å². The summed E-state index contributed by atoms with van der Waals surface area (Å²) in [6.07, 6.45) is 4.72. The molecule has 0 radical (unpaired) electrons. The van der Waals surface area contributed by atoms with Crippen molar-refractivity contribution in [3.63, 3.8) is 0 Å². The first kappa shape index (κ1) is 18.5. The number of nitrogens with zero attached hydrogens (tertiary/aromatic N) is 3. The summed E-state index contributed by atoms with van der Waals surface area (Å²) in [6, 6.07) is 14.7. The molecule has 7 nitrogen and oxygen atoms in total. The normalized spacial score (nSPS) is 11.0. The summed E-state index contributed by atoms with van der Waals surface area (Å²) in [5, 5.41) is 2.74. The van der Waals surface area contributed by atoms with Crippen LogP contribution in [0.4, 0.5) is 5.69 Å². The van der Waals surface area contributed by atoms with Gasteiger partial charge in [0.05, 0.1) is 10.6 Å². The van der Waals surface area contributed by atoms with E-state index in [1.165, 1.54) is 31.4 Å². The number of amides is 1. The van der Waals surface area contributed by atoms with Crippen LogP contribution in [0.1, 0.15) is 16.1 Å². The molecule has 0 fully saturated rings. The van der Waals surface area contributed by atoms with Crippen LogP contribution in [0.3, 0.4) is 0 Å². The van der Waals surface area contributed by atoms with Crippen molar-refractivity contribution >= 4 is 21.6 Å². The van der Waals surface area contributed by atoms with Crippen molar-refractivity contribution in [3.8, 4) is 0 Å². The van der Waals surface area contributed by atoms with Crippen molar-refractivity contribution in [2.75, 3.05) is 11.4 Å². The lowest BCUT2D eigenvalue weighted by Gasteiger charge is -2.19. The summed E-state index contributed by atoms with van der Waals surface area (Å²) in [6.45, 7) is 0.302. The Morgan fingerprint density at radius 3 is 2.56 bits per heavy atom.